The van der Waals surface area contributed by atoms with Gasteiger partial charge in [0.2, 0.25) is 5.91 Å². The van der Waals surface area contributed by atoms with Crippen LogP contribution in [0.5, 0.6) is 0 Å². The lowest BCUT2D eigenvalue weighted by atomic mass is 10.2. The molecule has 0 aliphatic carbocycles. The third-order valence-electron chi connectivity index (χ3n) is 5.14. The molecule has 1 unspecified atom stereocenters. The second kappa shape index (κ2) is 8.67. The predicted octanol–water partition coefficient (Wildman–Crippen LogP) is 1.08. The van der Waals surface area contributed by atoms with Gasteiger partial charge in [0.15, 0.2) is 15.0 Å². The molecule has 0 N–H and O–H groups in total. The van der Waals surface area contributed by atoms with Crippen LogP contribution in [0.3, 0.4) is 0 Å². The van der Waals surface area contributed by atoms with Crippen LogP contribution in [0.1, 0.15) is 26.2 Å². The largest absolute Gasteiger partial charge is 0.346 e. The lowest BCUT2D eigenvalue weighted by molar-refractivity contribution is -0.134. The standard InChI is InChI=1S/C17H28N4O3S2/c1-2-3-6-21(15-4-12-26(23,24)14-15)16(22)13-19-7-9-20(10-8-19)17-18-5-11-25-17/h5,11,15H,2-4,6-10,12-14H2,1H3. The second-order valence-electron chi connectivity index (χ2n) is 7.08. The molecule has 3 heterocycles. The van der Waals surface area contributed by atoms with Crippen molar-refractivity contribution in [1.82, 2.24) is 14.8 Å². The minimum Gasteiger partial charge on any atom is -0.346 e. The van der Waals surface area contributed by atoms with Gasteiger partial charge in [-0.25, -0.2) is 13.4 Å². The zero-order valence-electron chi connectivity index (χ0n) is 15.3. The summed E-state index contributed by atoms with van der Waals surface area (Å²) >= 11 is 1.64. The summed E-state index contributed by atoms with van der Waals surface area (Å²) in [6.45, 7) is 6.53. The van der Waals surface area contributed by atoms with Gasteiger partial charge >= 0.3 is 0 Å². The van der Waals surface area contributed by atoms with Crippen molar-refractivity contribution in [3.8, 4) is 0 Å². The number of carbonyl (C=O) groups excluding carboxylic acids is 1. The van der Waals surface area contributed by atoms with Crippen molar-refractivity contribution >= 4 is 32.2 Å². The SMILES string of the molecule is CCCCN(C(=O)CN1CCN(c2nccs2)CC1)C1CCS(=O)(=O)C1. The number of anilines is 1. The zero-order chi connectivity index (χ0) is 18.6. The van der Waals surface area contributed by atoms with E-state index in [0.29, 0.717) is 19.5 Å². The smallest absolute Gasteiger partial charge is 0.237 e. The maximum absolute atomic E-state index is 12.9. The van der Waals surface area contributed by atoms with E-state index < -0.39 is 9.84 Å². The maximum atomic E-state index is 12.9. The van der Waals surface area contributed by atoms with E-state index in [1.165, 1.54) is 0 Å². The van der Waals surface area contributed by atoms with E-state index in [-0.39, 0.29) is 23.5 Å². The number of amides is 1. The Kier molecular flexibility index (Phi) is 6.52. The molecule has 1 atom stereocenters. The molecule has 1 aromatic heterocycles. The topological polar surface area (TPSA) is 73.8 Å². The van der Waals surface area contributed by atoms with Crippen molar-refractivity contribution in [3.63, 3.8) is 0 Å². The molecule has 9 heteroatoms. The van der Waals surface area contributed by atoms with Crippen molar-refractivity contribution in [2.75, 3.05) is 55.7 Å². The van der Waals surface area contributed by atoms with Crippen molar-refractivity contribution < 1.29 is 13.2 Å². The molecular weight excluding hydrogens is 372 g/mol. The fourth-order valence-electron chi connectivity index (χ4n) is 3.61. The van der Waals surface area contributed by atoms with Crippen LogP contribution in [0.4, 0.5) is 5.13 Å². The molecule has 0 bridgehead atoms. The molecular formula is C17H28N4O3S2. The summed E-state index contributed by atoms with van der Waals surface area (Å²) < 4.78 is 23.6. The van der Waals surface area contributed by atoms with Gasteiger partial charge in [0.25, 0.3) is 0 Å². The van der Waals surface area contributed by atoms with Crippen LogP contribution in [-0.2, 0) is 14.6 Å². The minimum atomic E-state index is -2.98. The zero-order valence-corrected chi connectivity index (χ0v) is 17.0. The molecule has 26 heavy (non-hydrogen) atoms. The summed E-state index contributed by atoms with van der Waals surface area (Å²) in [4.78, 5) is 23.5. The van der Waals surface area contributed by atoms with Gasteiger partial charge in [-0.1, -0.05) is 13.3 Å². The molecule has 2 saturated heterocycles. The predicted molar refractivity (Wildman–Crippen MR) is 104 cm³/mol. The molecule has 2 aliphatic heterocycles. The van der Waals surface area contributed by atoms with Gasteiger partial charge < -0.3 is 9.80 Å². The van der Waals surface area contributed by atoms with Crippen LogP contribution >= 0.6 is 11.3 Å². The monoisotopic (exact) mass is 400 g/mol. The Bertz CT molecular complexity index is 685. The Morgan fingerprint density at radius 1 is 1.35 bits per heavy atom. The normalized spacial score (nSPS) is 23.3. The summed E-state index contributed by atoms with van der Waals surface area (Å²) in [5, 5.41) is 3.02. The summed E-state index contributed by atoms with van der Waals surface area (Å²) in [7, 11) is -2.98. The van der Waals surface area contributed by atoms with Crippen LogP contribution in [0.25, 0.3) is 0 Å². The number of thiazole rings is 1. The average Bonchev–Trinajstić information content (AvgIpc) is 3.26. The quantitative estimate of drug-likeness (QED) is 0.682. The van der Waals surface area contributed by atoms with Crippen LogP contribution < -0.4 is 4.90 Å². The van der Waals surface area contributed by atoms with Crippen LogP contribution in [0.2, 0.25) is 0 Å². The number of hydrogen-bond acceptors (Lipinski definition) is 7. The Balaban J connectivity index is 1.54. The fraction of sp³-hybridized carbons (Fsp3) is 0.765. The molecule has 3 rings (SSSR count). The van der Waals surface area contributed by atoms with Gasteiger partial charge in [0.05, 0.1) is 18.1 Å². The van der Waals surface area contributed by atoms with Gasteiger partial charge in [-0.2, -0.15) is 0 Å². The summed E-state index contributed by atoms with van der Waals surface area (Å²) in [6.07, 6.45) is 4.31. The van der Waals surface area contributed by atoms with E-state index in [2.05, 4.69) is 21.7 Å². The fourth-order valence-corrected chi connectivity index (χ4v) is 6.04. The number of piperazine rings is 1. The van der Waals surface area contributed by atoms with Crippen molar-refractivity contribution in [3.05, 3.63) is 11.6 Å². The number of nitrogens with zero attached hydrogens (tertiary/aromatic N) is 4. The molecule has 2 aliphatic rings. The molecule has 0 saturated carbocycles. The van der Waals surface area contributed by atoms with E-state index in [0.717, 1.165) is 44.2 Å². The van der Waals surface area contributed by atoms with Gasteiger partial charge in [-0.3, -0.25) is 9.69 Å². The van der Waals surface area contributed by atoms with Gasteiger partial charge in [-0.05, 0) is 12.8 Å². The first-order valence-electron chi connectivity index (χ1n) is 9.35. The van der Waals surface area contributed by atoms with E-state index in [1.807, 2.05) is 16.5 Å². The lowest BCUT2D eigenvalue weighted by Gasteiger charge is -2.36. The molecule has 1 amide bonds. The van der Waals surface area contributed by atoms with Crippen LogP contribution in [-0.4, -0.2) is 85.9 Å². The third-order valence-corrected chi connectivity index (χ3v) is 7.73. The molecule has 0 aromatic carbocycles. The highest BCUT2D eigenvalue weighted by atomic mass is 32.2. The highest BCUT2D eigenvalue weighted by molar-refractivity contribution is 7.91. The van der Waals surface area contributed by atoms with Crippen molar-refractivity contribution in [2.45, 2.75) is 32.2 Å². The Hall–Kier alpha value is -1.19. The number of unbranched alkanes of at least 4 members (excludes halogenated alkanes) is 1. The maximum Gasteiger partial charge on any atom is 0.237 e. The highest BCUT2D eigenvalue weighted by Crippen LogP contribution is 2.21. The summed E-state index contributed by atoms with van der Waals surface area (Å²) in [5.74, 6) is 0.406. The average molecular weight is 401 g/mol. The Labute approximate surface area is 159 Å². The third kappa shape index (κ3) is 4.95. The van der Waals surface area contributed by atoms with Crippen LogP contribution in [0.15, 0.2) is 11.6 Å². The minimum absolute atomic E-state index is 0.0725. The summed E-state index contributed by atoms with van der Waals surface area (Å²) in [5.41, 5.74) is 0. The first-order chi connectivity index (χ1) is 12.5. The molecule has 0 spiro atoms. The Morgan fingerprint density at radius 2 is 2.12 bits per heavy atom. The number of aromatic nitrogens is 1. The van der Waals surface area contributed by atoms with E-state index >= 15 is 0 Å². The van der Waals surface area contributed by atoms with E-state index in [9.17, 15) is 13.2 Å². The van der Waals surface area contributed by atoms with Crippen LogP contribution in [0, 0.1) is 0 Å². The van der Waals surface area contributed by atoms with Gasteiger partial charge in [0.1, 0.15) is 0 Å². The molecule has 1 aromatic rings. The molecule has 2 fully saturated rings. The number of rotatable bonds is 7. The van der Waals surface area contributed by atoms with Gasteiger partial charge in [-0.15, -0.1) is 11.3 Å². The Morgan fingerprint density at radius 3 is 2.69 bits per heavy atom. The highest BCUT2D eigenvalue weighted by Gasteiger charge is 2.35. The number of hydrogen-bond donors (Lipinski definition) is 0. The van der Waals surface area contributed by atoms with Crippen molar-refractivity contribution in [2.24, 2.45) is 0 Å². The van der Waals surface area contributed by atoms with Gasteiger partial charge in [0, 0.05) is 50.3 Å². The number of sulfone groups is 1. The molecule has 146 valence electrons. The first kappa shape index (κ1) is 19.6. The number of carbonyl (C=O) groups is 1. The summed E-state index contributed by atoms with van der Waals surface area (Å²) in [6, 6.07) is -0.143. The lowest BCUT2D eigenvalue weighted by Crippen LogP contribution is -2.52. The van der Waals surface area contributed by atoms with Crippen molar-refractivity contribution in [1.29, 1.82) is 0 Å². The van der Waals surface area contributed by atoms with E-state index in [4.69, 9.17) is 0 Å². The van der Waals surface area contributed by atoms with E-state index in [1.54, 1.807) is 11.3 Å². The molecule has 0 radical (unpaired) electrons. The second-order valence-corrected chi connectivity index (χ2v) is 10.2. The molecule has 7 nitrogen and oxygen atoms in total. The first-order valence-corrected chi connectivity index (χ1v) is 12.1.